The fourth-order valence-corrected chi connectivity index (χ4v) is 2.74. The van der Waals surface area contributed by atoms with Gasteiger partial charge in [0.25, 0.3) is 0 Å². The minimum absolute atomic E-state index is 0.105. The summed E-state index contributed by atoms with van der Waals surface area (Å²) in [4.78, 5) is 4.15. The molecule has 5 nitrogen and oxygen atoms in total. The Morgan fingerprint density at radius 2 is 1.68 bits per heavy atom. The SMILES string of the molecule is CN=C(NCCS(=O)(=O)C(C)(C)C)NC(C)CCC(C)(C)C. The van der Waals surface area contributed by atoms with Gasteiger partial charge >= 0.3 is 0 Å². The molecule has 0 bridgehead atoms. The van der Waals surface area contributed by atoms with Crippen LogP contribution in [-0.4, -0.2) is 44.5 Å². The zero-order valence-electron chi connectivity index (χ0n) is 15.6. The molecule has 0 aliphatic rings. The van der Waals surface area contributed by atoms with Crippen molar-refractivity contribution in [3.8, 4) is 0 Å². The normalized spacial score (nSPS) is 15.5. The van der Waals surface area contributed by atoms with Crippen molar-refractivity contribution < 1.29 is 8.42 Å². The Labute approximate surface area is 137 Å². The summed E-state index contributed by atoms with van der Waals surface area (Å²) in [7, 11) is -1.41. The Kier molecular flexibility index (Phi) is 7.89. The molecule has 0 aliphatic heterocycles. The minimum atomic E-state index is -3.10. The highest BCUT2D eigenvalue weighted by Gasteiger charge is 2.28. The summed E-state index contributed by atoms with van der Waals surface area (Å²) in [6.45, 7) is 14.3. The Morgan fingerprint density at radius 1 is 1.14 bits per heavy atom. The van der Waals surface area contributed by atoms with Crippen LogP contribution >= 0.6 is 0 Å². The van der Waals surface area contributed by atoms with E-state index in [4.69, 9.17) is 0 Å². The zero-order chi connectivity index (χ0) is 17.6. The Bertz CT molecular complexity index is 457. The van der Waals surface area contributed by atoms with Crippen LogP contribution in [0.3, 0.4) is 0 Å². The molecular weight excluding hydrogens is 298 g/mol. The average Bonchev–Trinajstić information content (AvgIpc) is 2.32. The Balaban J connectivity index is 4.30. The van der Waals surface area contributed by atoms with Crippen LogP contribution in [0, 0.1) is 5.41 Å². The average molecular weight is 334 g/mol. The van der Waals surface area contributed by atoms with E-state index in [1.807, 2.05) is 0 Å². The van der Waals surface area contributed by atoms with Crippen LogP contribution in [0.5, 0.6) is 0 Å². The highest BCUT2D eigenvalue weighted by atomic mass is 32.2. The molecule has 1 atom stereocenters. The predicted octanol–water partition coefficient (Wildman–Crippen LogP) is 2.58. The van der Waals surface area contributed by atoms with Gasteiger partial charge in [0.05, 0.1) is 10.5 Å². The third kappa shape index (κ3) is 8.61. The van der Waals surface area contributed by atoms with E-state index < -0.39 is 14.6 Å². The molecule has 0 amide bonds. The van der Waals surface area contributed by atoms with Gasteiger partial charge in [-0.3, -0.25) is 4.99 Å². The summed E-state index contributed by atoms with van der Waals surface area (Å²) in [6, 6.07) is 0.296. The molecule has 0 radical (unpaired) electrons. The van der Waals surface area contributed by atoms with Gasteiger partial charge in [-0.15, -0.1) is 0 Å². The molecule has 0 saturated heterocycles. The van der Waals surface area contributed by atoms with Crippen molar-refractivity contribution >= 4 is 15.8 Å². The number of hydrogen-bond donors (Lipinski definition) is 2. The van der Waals surface area contributed by atoms with Crippen molar-refractivity contribution in [1.82, 2.24) is 10.6 Å². The van der Waals surface area contributed by atoms with E-state index in [-0.39, 0.29) is 5.75 Å². The highest BCUT2D eigenvalue weighted by Crippen LogP contribution is 2.21. The molecule has 0 aromatic carbocycles. The number of guanidine groups is 1. The maximum Gasteiger partial charge on any atom is 0.191 e. The molecule has 0 aromatic rings. The lowest BCUT2D eigenvalue weighted by Crippen LogP contribution is -2.45. The first-order chi connectivity index (χ1) is 9.78. The molecule has 2 N–H and O–H groups in total. The lowest BCUT2D eigenvalue weighted by Gasteiger charge is -2.23. The van der Waals surface area contributed by atoms with Crippen LogP contribution in [0.4, 0.5) is 0 Å². The molecule has 6 heteroatoms. The van der Waals surface area contributed by atoms with Crippen LogP contribution in [0.2, 0.25) is 0 Å². The number of nitrogens with zero attached hydrogens (tertiary/aromatic N) is 1. The molecule has 132 valence electrons. The number of rotatable bonds is 6. The largest absolute Gasteiger partial charge is 0.355 e. The van der Waals surface area contributed by atoms with Gasteiger partial charge < -0.3 is 10.6 Å². The van der Waals surface area contributed by atoms with Crippen molar-refractivity contribution in [3.05, 3.63) is 0 Å². The maximum atomic E-state index is 12.1. The summed E-state index contributed by atoms with van der Waals surface area (Å²) >= 11 is 0. The Morgan fingerprint density at radius 3 is 2.09 bits per heavy atom. The third-order valence-electron chi connectivity index (χ3n) is 3.53. The molecule has 22 heavy (non-hydrogen) atoms. The third-order valence-corrected chi connectivity index (χ3v) is 6.14. The van der Waals surface area contributed by atoms with Gasteiger partial charge in [0, 0.05) is 19.6 Å². The second-order valence-electron chi connectivity index (χ2n) is 8.07. The standard InChI is InChI=1S/C16H35N3O2S/c1-13(9-10-15(2,3)4)19-14(17-8)18-11-12-22(20,21)16(5,6)7/h13H,9-12H2,1-8H3,(H2,17,18,19). The lowest BCUT2D eigenvalue weighted by atomic mass is 9.89. The van der Waals surface area contributed by atoms with Gasteiger partial charge in [-0.25, -0.2) is 8.42 Å². The van der Waals surface area contributed by atoms with Gasteiger partial charge in [-0.2, -0.15) is 0 Å². The maximum absolute atomic E-state index is 12.1. The van der Waals surface area contributed by atoms with E-state index in [1.165, 1.54) is 0 Å². The van der Waals surface area contributed by atoms with Crippen molar-refractivity contribution in [1.29, 1.82) is 0 Å². The number of aliphatic imine (C=N–C) groups is 1. The van der Waals surface area contributed by atoms with Gasteiger partial charge in [0.2, 0.25) is 0 Å². The highest BCUT2D eigenvalue weighted by molar-refractivity contribution is 7.92. The lowest BCUT2D eigenvalue weighted by molar-refractivity contribution is 0.346. The van der Waals surface area contributed by atoms with E-state index in [2.05, 4.69) is 43.3 Å². The molecule has 0 spiro atoms. The molecule has 0 saturated carbocycles. The van der Waals surface area contributed by atoms with E-state index in [9.17, 15) is 8.42 Å². The summed E-state index contributed by atoms with van der Waals surface area (Å²) in [5.41, 5.74) is 0.313. The molecule has 0 aliphatic carbocycles. The zero-order valence-corrected chi connectivity index (χ0v) is 16.4. The summed E-state index contributed by atoms with van der Waals surface area (Å²) in [6.07, 6.45) is 2.17. The van der Waals surface area contributed by atoms with Crippen LogP contribution in [0.25, 0.3) is 0 Å². The predicted molar refractivity (Wildman–Crippen MR) is 96.2 cm³/mol. The van der Waals surface area contributed by atoms with Gasteiger partial charge in [-0.1, -0.05) is 20.8 Å². The Hall–Kier alpha value is -0.780. The number of nitrogens with one attached hydrogen (secondary N) is 2. The molecule has 0 rings (SSSR count). The van der Waals surface area contributed by atoms with Crippen LogP contribution in [0.1, 0.15) is 61.3 Å². The molecule has 0 heterocycles. The fraction of sp³-hybridized carbons (Fsp3) is 0.938. The van der Waals surface area contributed by atoms with Crippen LogP contribution in [-0.2, 0) is 9.84 Å². The first-order valence-corrected chi connectivity index (χ1v) is 9.63. The number of sulfone groups is 1. The first-order valence-electron chi connectivity index (χ1n) is 7.98. The monoisotopic (exact) mass is 333 g/mol. The van der Waals surface area contributed by atoms with Crippen molar-refractivity contribution in [2.75, 3.05) is 19.3 Å². The number of hydrogen-bond acceptors (Lipinski definition) is 3. The molecule has 1 unspecified atom stereocenters. The van der Waals surface area contributed by atoms with E-state index in [0.29, 0.717) is 24.0 Å². The molecule has 0 aromatic heterocycles. The van der Waals surface area contributed by atoms with Crippen LogP contribution < -0.4 is 10.6 Å². The van der Waals surface area contributed by atoms with E-state index in [1.54, 1.807) is 27.8 Å². The van der Waals surface area contributed by atoms with Gasteiger partial charge in [-0.05, 0) is 46.0 Å². The van der Waals surface area contributed by atoms with Crippen molar-refractivity contribution in [3.63, 3.8) is 0 Å². The second-order valence-corrected chi connectivity index (χ2v) is 10.9. The summed E-state index contributed by atoms with van der Waals surface area (Å²) in [5.74, 6) is 0.763. The van der Waals surface area contributed by atoms with E-state index >= 15 is 0 Å². The van der Waals surface area contributed by atoms with Gasteiger partial charge in [0.15, 0.2) is 15.8 Å². The minimum Gasteiger partial charge on any atom is -0.355 e. The molecule has 0 fully saturated rings. The van der Waals surface area contributed by atoms with Crippen molar-refractivity contribution in [2.24, 2.45) is 10.4 Å². The smallest absolute Gasteiger partial charge is 0.191 e. The topological polar surface area (TPSA) is 70.6 Å². The van der Waals surface area contributed by atoms with Gasteiger partial charge in [0.1, 0.15) is 0 Å². The fourth-order valence-electron chi connectivity index (χ4n) is 1.76. The quantitative estimate of drug-likeness (QED) is 0.579. The summed E-state index contributed by atoms with van der Waals surface area (Å²) < 4.78 is 23.4. The second kappa shape index (κ2) is 8.18. The summed E-state index contributed by atoms with van der Waals surface area (Å²) in [5, 5.41) is 6.39. The van der Waals surface area contributed by atoms with Crippen LogP contribution in [0.15, 0.2) is 4.99 Å². The first kappa shape index (κ1) is 21.2. The van der Waals surface area contributed by atoms with Crippen molar-refractivity contribution in [2.45, 2.75) is 72.1 Å². The van der Waals surface area contributed by atoms with E-state index in [0.717, 1.165) is 12.8 Å². The molecular formula is C16H35N3O2S.